The Morgan fingerprint density at radius 3 is 2.75 bits per heavy atom. The quantitative estimate of drug-likeness (QED) is 0.340. The molecule has 0 bridgehead atoms. The summed E-state index contributed by atoms with van der Waals surface area (Å²) in [5, 5.41) is 12.2. The van der Waals surface area contributed by atoms with E-state index in [4.69, 9.17) is 0 Å². The summed E-state index contributed by atoms with van der Waals surface area (Å²) in [4.78, 5) is 15.2. The van der Waals surface area contributed by atoms with Crippen molar-refractivity contribution in [3.63, 3.8) is 0 Å². The van der Waals surface area contributed by atoms with E-state index >= 15 is 0 Å². The summed E-state index contributed by atoms with van der Waals surface area (Å²) < 4.78 is 0. The van der Waals surface area contributed by atoms with Crippen molar-refractivity contribution >= 4 is 16.6 Å². The number of hydrogen-bond donors (Lipinski definition) is 0. The summed E-state index contributed by atoms with van der Waals surface area (Å²) >= 11 is 0. The van der Waals surface area contributed by atoms with Gasteiger partial charge in [0.25, 0.3) is 5.69 Å². The molecule has 24 heavy (non-hydrogen) atoms. The summed E-state index contributed by atoms with van der Waals surface area (Å²) in [5.74, 6) is 0. The minimum Gasteiger partial charge on any atom is -0.258 e. The molecule has 0 aliphatic carbocycles. The third-order valence-corrected chi connectivity index (χ3v) is 4.20. The number of hydrogen-bond acceptors (Lipinski definition) is 3. The van der Waals surface area contributed by atoms with Crippen LogP contribution in [-0.4, -0.2) is 9.91 Å². The third kappa shape index (κ3) is 3.43. The molecule has 2 aromatic carbocycles. The lowest BCUT2D eigenvalue weighted by Crippen LogP contribution is -1.92. The summed E-state index contributed by atoms with van der Waals surface area (Å²) in [5.41, 5.74) is 4.05. The molecule has 3 rings (SSSR count). The smallest absolute Gasteiger partial charge is 0.258 e. The zero-order chi connectivity index (χ0) is 16.9. The van der Waals surface area contributed by atoms with Gasteiger partial charge in [-0.25, -0.2) is 0 Å². The molecular formula is C20H20N2O2. The van der Waals surface area contributed by atoms with Gasteiger partial charge in [0.1, 0.15) is 0 Å². The minimum absolute atomic E-state index is 0.105. The summed E-state index contributed by atoms with van der Waals surface area (Å²) in [6.07, 6.45) is 6.32. The highest BCUT2D eigenvalue weighted by atomic mass is 16.6. The molecule has 0 aliphatic rings. The number of nitro groups is 1. The fraction of sp³-hybridized carbons (Fsp3) is 0.250. The maximum atomic E-state index is 11.1. The lowest BCUT2D eigenvalue weighted by Gasteiger charge is -2.10. The Balaban J connectivity index is 2.11. The minimum atomic E-state index is -0.357. The zero-order valence-corrected chi connectivity index (χ0v) is 13.7. The van der Waals surface area contributed by atoms with Gasteiger partial charge < -0.3 is 0 Å². The number of fused-ring (bicyclic) bond motifs is 1. The van der Waals surface area contributed by atoms with E-state index in [0.717, 1.165) is 34.9 Å². The number of benzene rings is 2. The van der Waals surface area contributed by atoms with E-state index in [-0.39, 0.29) is 10.6 Å². The molecule has 0 atom stereocenters. The molecule has 0 unspecified atom stereocenters. The topological polar surface area (TPSA) is 56.0 Å². The molecule has 122 valence electrons. The first-order valence-corrected chi connectivity index (χ1v) is 8.31. The van der Waals surface area contributed by atoms with Crippen molar-refractivity contribution in [2.24, 2.45) is 0 Å². The van der Waals surface area contributed by atoms with E-state index in [9.17, 15) is 10.1 Å². The van der Waals surface area contributed by atoms with Gasteiger partial charge in [-0.15, -0.1) is 0 Å². The standard InChI is InChI=1S/C20H20N2O2/c1-2-3-4-7-15-12-17-9-6-11-21-20(17)19(13-15)16-8-5-10-18(14-16)22(23)24/h5-6,8-14H,2-4,7H2,1H3. The van der Waals surface area contributed by atoms with E-state index in [1.54, 1.807) is 18.3 Å². The average molecular weight is 320 g/mol. The maximum Gasteiger partial charge on any atom is 0.270 e. The second-order valence-corrected chi connectivity index (χ2v) is 5.98. The van der Waals surface area contributed by atoms with Crippen molar-refractivity contribution in [2.45, 2.75) is 32.6 Å². The van der Waals surface area contributed by atoms with Crippen LogP contribution in [0.2, 0.25) is 0 Å². The van der Waals surface area contributed by atoms with Crippen molar-refractivity contribution in [1.29, 1.82) is 0 Å². The largest absolute Gasteiger partial charge is 0.270 e. The first-order chi connectivity index (χ1) is 11.7. The molecule has 0 saturated carbocycles. The molecule has 0 spiro atoms. The van der Waals surface area contributed by atoms with Crippen LogP contribution in [0.3, 0.4) is 0 Å². The molecule has 3 aromatic rings. The Morgan fingerprint density at radius 1 is 1.08 bits per heavy atom. The van der Waals surface area contributed by atoms with Crippen LogP contribution in [0.5, 0.6) is 0 Å². The van der Waals surface area contributed by atoms with Gasteiger partial charge in [-0.05, 0) is 42.2 Å². The molecule has 0 aliphatic heterocycles. The third-order valence-electron chi connectivity index (χ3n) is 4.20. The highest BCUT2D eigenvalue weighted by Gasteiger charge is 2.11. The lowest BCUT2D eigenvalue weighted by molar-refractivity contribution is -0.384. The SMILES string of the molecule is CCCCCc1cc(-c2cccc([N+](=O)[O-])c2)c2ncccc2c1. The number of unbranched alkanes of at least 4 members (excludes halogenated alkanes) is 2. The molecule has 4 heteroatoms. The van der Waals surface area contributed by atoms with Crippen molar-refractivity contribution in [2.75, 3.05) is 0 Å². The van der Waals surface area contributed by atoms with Crippen molar-refractivity contribution in [3.05, 3.63) is 70.4 Å². The molecule has 0 amide bonds. The number of nitro benzene ring substituents is 1. The summed E-state index contributed by atoms with van der Waals surface area (Å²) in [6, 6.07) is 15.1. The van der Waals surface area contributed by atoms with Crippen molar-refractivity contribution in [3.8, 4) is 11.1 Å². The second kappa shape index (κ2) is 7.21. The Bertz CT molecular complexity index is 874. The van der Waals surface area contributed by atoms with Crippen LogP contribution in [-0.2, 0) is 6.42 Å². The number of pyridine rings is 1. The predicted octanol–water partition coefficient (Wildman–Crippen LogP) is 5.54. The Labute approximate surface area is 141 Å². The van der Waals surface area contributed by atoms with Gasteiger partial charge in [-0.3, -0.25) is 15.1 Å². The number of non-ortho nitro benzene ring substituents is 1. The molecule has 1 heterocycles. The van der Waals surface area contributed by atoms with Gasteiger partial charge in [0.15, 0.2) is 0 Å². The molecule has 0 saturated heterocycles. The number of aryl methyl sites for hydroxylation is 1. The molecule has 4 nitrogen and oxygen atoms in total. The highest BCUT2D eigenvalue weighted by molar-refractivity contribution is 5.94. The van der Waals surface area contributed by atoms with Gasteiger partial charge >= 0.3 is 0 Å². The number of aromatic nitrogens is 1. The van der Waals surface area contributed by atoms with Gasteiger partial charge in [0.2, 0.25) is 0 Å². The zero-order valence-electron chi connectivity index (χ0n) is 13.7. The summed E-state index contributed by atoms with van der Waals surface area (Å²) in [6.45, 7) is 2.19. The fourth-order valence-electron chi connectivity index (χ4n) is 2.98. The normalized spacial score (nSPS) is 10.9. The van der Waals surface area contributed by atoms with E-state index in [1.165, 1.54) is 24.5 Å². The molecule has 0 fully saturated rings. The highest BCUT2D eigenvalue weighted by Crippen LogP contribution is 2.31. The maximum absolute atomic E-state index is 11.1. The van der Waals surface area contributed by atoms with Gasteiger partial charge in [-0.1, -0.05) is 38.0 Å². The lowest BCUT2D eigenvalue weighted by atomic mass is 9.96. The van der Waals surface area contributed by atoms with Crippen molar-refractivity contribution in [1.82, 2.24) is 4.98 Å². The van der Waals surface area contributed by atoms with E-state index in [1.807, 2.05) is 18.2 Å². The second-order valence-electron chi connectivity index (χ2n) is 5.98. The monoisotopic (exact) mass is 320 g/mol. The first-order valence-electron chi connectivity index (χ1n) is 8.31. The van der Waals surface area contributed by atoms with Gasteiger partial charge in [0.05, 0.1) is 10.4 Å². The van der Waals surface area contributed by atoms with Crippen LogP contribution in [0.4, 0.5) is 5.69 Å². The molecule has 0 N–H and O–H groups in total. The first kappa shape index (κ1) is 16.1. The van der Waals surface area contributed by atoms with Crippen LogP contribution in [0, 0.1) is 10.1 Å². The average Bonchev–Trinajstić information content (AvgIpc) is 2.61. The Hall–Kier alpha value is -2.75. The fourth-order valence-corrected chi connectivity index (χ4v) is 2.98. The van der Waals surface area contributed by atoms with Gasteiger partial charge in [-0.2, -0.15) is 0 Å². The molecular weight excluding hydrogens is 300 g/mol. The summed E-state index contributed by atoms with van der Waals surface area (Å²) in [7, 11) is 0. The van der Waals surface area contributed by atoms with Crippen molar-refractivity contribution < 1.29 is 4.92 Å². The van der Waals surface area contributed by atoms with E-state index in [2.05, 4.69) is 24.0 Å². The van der Waals surface area contributed by atoms with Crippen LogP contribution in [0.15, 0.2) is 54.7 Å². The number of nitrogens with zero attached hydrogens (tertiary/aromatic N) is 2. The Kier molecular flexibility index (Phi) is 4.85. The molecule has 1 aromatic heterocycles. The van der Waals surface area contributed by atoms with E-state index < -0.39 is 0 Å². The van der Waals surface area contributed by atoms with E-state index in [0.29, 0.717) is 0 Å². The number of rotatable bonds is 6. The molecule has 0 radical (unpaired) electrons. The van der Waals surface area contributed by atoms with Crippen LogP contribution < -0.4 is 0 Å². The Morgan fingerprint density at radius 2 is 1.96 bits per heavy atom. The van der Waals surface area contributed by atoms with Crippen LogP contribution in [0.25, 0.3) is 22.0 Å². The van der Waals surface area contributed by atoms with Crippen LogP contribution >= 0.6 is 0 Å². The van der Waals surface area contributed by atoms with Crippen LogP contribution in [0.1, 0.15) is 31.7 Å². The predicted molar refractivity (Wildman–Crippen MR) is 97.1 cm³/mol. The van der Waals surface area contributed by atoms with Gasteiger partial charge in [0, 0.05) is 29.3 Å².